The summed E-state index contributed by atoms with van der Waals surface area (Å²) in [6, 6.07) is 8.36. The fourth-order valence-electron chi connectivity index (χ4n) is 2.34. The zero-order valence-corrected chi connectivity index (χ0v) is 11.4. The third-order valence-electron chi connectivity index (χ3n) is 3.48. The maximum atomic E-state index is 5.73. The van der Waals surface area contributed by atoms with Crippen LogP contribution in [0, 0.1) is 27.7 Å². The number of benzene rings is 1. The summed E-state index contributed by atoms with van der Waals surface area (Å²) < 4.78 is 5.68. The average Bonchev–Trinajstić information content (AvgIpc) is 2.59. The molecule has 3 heteroatoms. The second kappa shape index (κ2) is 4.96. The van der Waals surface area contributed by atoms with Crippen molar-refractivity contribution in [1.82, 2.24) is 5.43 Å². The molecule has 1 unspecified atom stereocenters. The molecule has 1 aromatic heterocycles. The van der Waals surface area contributed by atoms with E-state index in [-0.39, 0.29) is 6.04 Å². The molecule has 0 amide bonds. The predicted molar refractivity (Wildman–Crippen MR) is 73.3 cm³/mol. The number of nitrogens with one attached hydrogen (secondary N) is 1. The van der Waals surface area contributed by atoms with Crippen LogP contribution < -0.4 is 11.3 Å². The molecular formula is C15H20N2O. The first-order chi connectivity index (χ1) is 8.54. The third kappa shape index (κ3) is 2.19. The summed E-state index contributed by atoms with van der Waals surface area (Å²) in [4.78, 5) is 0. The van der Waals surface area contributed by atoms with E-state index in [1.165, 1.54) is 5.56 Å². The van der Waals surface area contributed by atoms with E-state index >= 15 is 0 Å². The number of hydrazine groups is 1. The first kappa shape index (κ1) is 12.9. The Hall–Kier alpha value is -1.58. The molecule has 1 heterocycles. The maximum Gasteiger partial charge on any atom is 0.106 e. The van der Waals surface area contributed by atoms with Gasteiger partial charge in [0.1, 0.15) is 11.5 Å². The van der Waals surface area contributed by atoms with Crippen LogP contribution in [0.2, 0.25) is 0 Å². The van der Waals surface area contributed by atoms with E-state index in [4.69, 9.17) is 10.3 Å². The highest BCUT2D eigenvalue weighted by Gasteiger charge is 2.21. The Bertz CT molecular complexity index is 540. The SMILES string of the molecule is Cc1ccc(C(NN)c2c(C)oc(C)c2C)cc1. The van der Waals surface area contributed by atoms with Crippen molar-refractivity contribution in [2.24, 2.45) is 5.84 Å². The molecule has 0 fully saturated rings. The molecule has 3 N–H and O–H groups in total. The monoisotopic (exact) mass is 244 g/mol. The van der Waals surface area contributed by atoms with Gasteiger partial charge in [0.25, 0.3) is 0 Å². The van der Waals surface area contributed by atoms with Gasteiger partial charge < -0.3 is 4.42 Å². The van der Waals surface area contributed by atoms with Gasteiger partial charge in [0, 0.05) is 5.56 Å². The number of aryl methyl sites for hydroxylation is 3. The molecule has 18 heavy (non-hydrogen) atoms. The first-order valence-electron chi connectivity index (χ1n) is 6.13. The zero-order chi connectivity index (χ0) is 13.3. The van der Waals surface area contributed by atoms with Gasteiger partial charge in [0.2, 0.25) is 0 Å². The minimum atomic E-state index is -0.0250. The van der Waals surface area contributed by atoms with Gasteiger partial charge >= 0.3 is 0 Å². The van der Waals surface area contributed by atoms with Gasteiger partial charge in [-0.3, -0.25) is 5.84 Å². The molecule has 3 nitrogen and oxygen atoms in total. The highest BCUT2D eigenvalue weighted by molar-refractivity contribution is 5.41. The molecule has 2 aromatic rings. The molecule has 2 rings (SSSR count). The van der Waals surface area contributed by atoms with Gasteiger partial charge in [-0.05, 0) is 38.8 Å². The van der Waals surface area contributed by atoms with Gasteiger partial charge in [-0.15, -0.1) is 0 Å². The number of furan rings is 1. The van der Waals surface area contributed by atoms with Crippen molar-refractivity contribution in [3.8, 4) is 0 Å². The fourth-order valence-corrected chi connectivity index (χ4v) is 2.34. The van der Waals surface area contributed by atoms with Crippen molar-refractivity contribution in [2.45, 2.75) is 33.7 Å². The Kier molecular flexibility index (Phi) is 3.55. The van der Waals surface area contributed by atoms with Crippen LogP contribution in [0.4, 0.5) is 0 Å². The molecule has 0 aliphatic heterocycles. The van der Waals surface area contributed by atoms with E-state index < -0.39 is 0 Å². The molecule has 0 radical (unpaired) electrons. The molecule has 0 aliphatic carbocycles. The molecule has 0 bridgehead atoms. The third-order valence-corrected chi connectivity index (χ3v) is 3.48. The summed E-state index contributed by atoms with van der Waals surface area (Å²) in [6.07, 6.45) is 0. The fraction of sp³-hybridized carbons (Fsp3) is 0.333. The number of hydrogen-bond donors (Lipinski definition) is 2. The van der Waals surface area contributed by atoms with Crippen LogP contribution in [0.5, 0.6) is 0 Å². The van der Waals surface area contributed by atoms with E-state index in [2.05, 4.69) is 43.5 Å². The van der Waals surface area contributed by atoms with Crippen LogP contribution in [-0.4, -0.2) is 0 Å². The normalized spacial score (nSPS) is 12.7. The molecule has 0 saturated heterocycles. The van der Waals surface area contributed by atoms with Crippen LogP contribution in [0.25, 0.3) is 0 Å². The lowest BCUT2D eigenvalue weighted by Gasteiger charge is -2.17. The van der Waals surface area contributed by atoms with Gasteiger partial charge in [-0.25, -0.2) is 5.43 Å². The Labute approximate surface area is 108 Å². The van der Waals surface area contributed by atoms with E-state index in [9.17, 15) is 0 Å². The van der Waals surface area contributed by atoms with E-state index in [1.54, 1.807) is 0 Å². The molecule has 96 valence electrons. The minimum absolute atomic E-state index is 0.0250. The number of nitrogens with two attached hydrogens (primary N) is 1. The quantitative estimate of drug-likeness (QED) is 0.644. The highest BCUT2D eigenvalue weighted by atomic mass is 16.3. The highest BCUT2D eigenvalue weighted by Crippen LogP contribution is 2.30. The van der Waals surface area contributed by atoms with E-state index in [0.717, 1.165) is 28.2 Å². The zero-order valence-electron chi connectivity index (χ0n) is 11.4. The van der Waals surface area contributed by atoms with Crippen LogP contribution in [-0.2, 0) is 0 Å². The summed E-state index contributed by atoms with van der Waals surface area (Å²) in [5, 5.41) is 0. The standard InChI is InChI=1S/C15H20N2O/c1-9-5-7-13(8-6-9)15(17-16)14-10(2)11(3)18-12(14)4/h5-8,15,17H,16H2,1-4H3. The summed E-state index contributed by atoms with van der Waals surface area (Å²) in [5.74, 6) is 7.61. The van der Waals surface area contributed by atoms with Gasteiger partial charge in [-0.2, -0.15) is 0 Å². The Morgan fingerprint density at radius 1 is 1.00 bits per heavy atom. The van der Waals surface area contributed by atoms with E-state index in [1.807, 2.05) is 13.8 Å². The van der Waals surface area contributed by atoms with Crippen molar-refractivity contribution < 1.29 is 4.42 Å². The molecule has 0 saturated carbocycles. The molecule has 0 aliphatic rings. The topological polar surface area (TPSA) is 51.2 Å². The summed E-state index contributed by atoms with van der Waals surface area (Å²) in [6.45, 7) is 8.11. The van der Waals surface area contributed by atoms with Crippen molar-refractivity contribution in [3.05, 3.63) is 58.0 Å². The van der Waals surface area contributed by atoms with Crippen LogP contribution in [0.1, 0.15) is 39.8 Å². The van der Waals surface area contributed by atoms with Crippen LogP contribution in [0.3, 0.4) is 0 Å². The van der Waals surface area contributed by atoms with E-state index in [0.29, 0.717) is 0 Å². The minimum Gasteiger partial charge on any atom is -0.466 e. The second-order valence-electron chi connectivity index (χ2n) is 4.76. The van der Waals surface area contributed by atoms with Crippen molar-refractivity contribution in [3.63, 3.8) is 0 Å². The lowest BCUT2D eigenvalue weighted by atomic mass is 9.95. The van der Waals surface area contributed by atoms with Crippen molar-refractivity contribution >= 4 is 0 Å². The smallest absolute Gasteiger partial charge is 0.106 e. The first-order valence-corrected chi connectivity index (χ1v) is 6.13. The lowest BCUT2D eigenvalue weighted by Crippen LogP contribution is -2.29. The number of rotatable bonds is 3. The van der Waals surface area contributed by atoms with Crippen molar-refractivity contribution in [1.29, 1.82) is 0 Å². The summed E-state index contributed by atoms with van der Waals surface area (Å²) in [7, 11) is 0. The molecular weight excluding hydrogens is 224 g/mol. The average molecular weight is 244 g/mol. The lowest BCUT2D eigenvalue weighted by molar-refractivity contribution is 0.494. The molecule has 1 atom stereocenters. The summed E-state index contributed by atoms with van der Waals surface area (Å²) in [5.41, 5.74) is 7.58. The van der Waals surface area contributed by atoms with Crippen molar-refractivity contribution in [2.75, 3.05) is 0 Å². The van der Waals surface area contributed by atoms with Crippen LogP contribution >= 0.6 is 0 Å². The Balaban J connectivity index is 2.48. The largest absolute Gasteiger partial charge is 0.466 e. The van der Waals surface area contributed by atoms with Gasteiger partial charge in [0.15, 0.2) is 0 Å². The summed E-state index contributed by atoms with van der Waals surface area (Å²) >= 11 is 0. The number of hydrogen-bond acceptors (Lipinski definition) is 3. The predicted octanol–water partition coefficient (Wildman–Crippen LogP) is 3.07. The van der Waals surface area contributed by atoms with Crippen LogP contribution in [0.15, 0.2) is 28.7 Å². The van der Waals surface area contributed by atoms with Gasteiger partial charge in [-0.1, -0.05) is 29.8 Å². The molecule has 1 aromatic carbocycles. The molecule has 0 spiro atoms. The Morgan fingerprint density at radius 3 is 2.06 bits per heavy atom. The maximum absolute atomic E-state index is 5.73. The Morgan fingerprint density at radius 2 is 1.61 bits per heavy atom. The second-order valence-corrected chi connectivity index (χ2v) is 4.76. The van der Waals surface area contributed by atoms with Gasteiger partial charge in [0.05, 0.1) is 6.04 Å².